The minimum Gasteiger partial charge on any atom is -0.325 e. The molecule has 2 N–H and O–H groups in total. The van der Waals surface area contributed by atoms with Gasteiger partial charge in [-0.1, -0.05) is 0 Å². The lowest BCUT2D eigenvalue weighted by atomic mass is 10.2. The molecule has 0 amide bonds. The molecule has 0 unspecified atom stereocenters. The molecule has 0 aromatic carbocycles. The van der Waals surface area contributed by atoms with Crippen LogP contribution in [0.1, 0.15) is 0 Å². The number of rotatable bonds is 2. The van der Waals surface area contributed by atoms with Crippen molar-refractivity contribution < 1.29 is 8.42 Å². The SMILES string of the molecule is Cl.Cn1cc(S(=O)(=O)N2CC(N)C2)cn1. The predicted octanol–water partition coefficient (Wildman–Crippen LogP) is -0.826. The zero-order chi connectivity index (χ0) is 10.3. The number of aromatic nitrogens is 2. The Kier molecular flexibility index (Phi) is 3.39. The Bertz CT molecular complexity index is 438. The summed E-state index contributed by atoms with van der Waals surface area (Å²) in [4.78, 5) is 0.229. The summed E-state index contributed by atoms with van der Waals surface area (Å²) >= 11 is 0. The van der Waals surface area contributed by atoms with Gasteiger partial charge in [-0.15, -0.1) is 12.4 Å². The highest BCUT2D eigenvalue weighted by molar-refractivity contribution is 7.89. The third kappa shape index (κ3) is 2.15. The highest BCUT2D eigenvalue weighted by atomic mass is 35.5. The van der Waals surface area contributed by atoms with Crippen LogP contribution in [0, 0.1) is 0 Å². The molecule has 1 aliphatic heterocycles. The van der Waals surface area contributed by atoms with Crippen LogP contribution in [0.15, 0.2) is 17.3 Å². The molecular weight excluding hydrogens is 240 g/mol. The van der Waals surface area contributed by atoms with Crippen LogP contribution >= 0.6 is 12.4 Å². The molecule has 0 aliphatic carbocycles. The van der Waals surface area contributed by atoms with Crippen molar-refractivity contribution in [2.75, 3.05) is 13.1 Å². The predicted molar refractivity (Wildman–Crippen MR) is 57.2 cm³/mol. The van der Waals surface area contributed by atoms with Crippen LogP contribution in [-0.2, 0) is 17.1 Å². The first-order valence-corrected chi connectivity index (χ1v) is 5.68. The molecule has 1 fully saturated rings. The minimum absolute atomic E-state index is 0. The molecule has 8 heteroatoms. The Balaban J connectivity index is 0.00000112. The number of hydrogen-bond acceptors (Lipinski definition) is 4. The van der Waals surface area contributed by atoms with Gasteiger partial charge in [0.05, 0.1) is 6.20 Å². The monoisotopic (exact) mass is 252 g/mol. The Morgan fingerprint density at radius 2 is 2.13 bits per heavy atom. The number of nitrogens with zero attached hydrogens (tertiary/aromatic N) is 3. The Morgan fingerprint density at radius 1 is 1.53 bits per heavy atom. The fourth-order valence-electron chi connectivity index (χ4n) is 1.35. The first kappa shape index (κ1) is 12.4. The summed E-state index contributed by atoms with van der Waals surface area (Å²) in [5, 5.41) is 3.82. The van der Waals surface area contributed by atoms with Gasteiger partial charge in [0.1, 0.15) is 4.90 Å². The number of nitrogens with two attached hydrogens (primary N) is 1. The van der Waals surface area contributed by atoms with E-state index < -0.39 is 10.0 Å². The molecule has 1 aromatic heterocycles. The maximum Gasteiger partial charge on any atom is 0.246 e. The van der Waals surface area contributed by atoms with E-state index in [1.165, 1.54) is 21.4 Å². The molecule has 15 heavy (non-hydrogen) atoms. The van der Waals surface area contributed by atoms with Gasteiger partial charge in [-0.2, -0.15) is 9.40 Å². The van der Waals surface area contributed by atoms with E-state index in [-0.39, 0.29) is 23.3 Å². The van der Waals surface area contributed by atoms with Crippen molar-refractivity contribution >= 4 is 22.4 Å². The summed E-state index contributed by atoms with van der Waals surface area (Å²) in [6.45, 7) is 0.800. The van der Waals surface area contributed by atoms with Crippen molar-refractivity contribution in [2.24, 2.45) is 12.8 Å². The summed E-state index contributed by atoms with van der Waals surface area (Å²) in [6, 6.07) is -0.0264. The standard InChI is InChI=1S/C7H12N4O2S.ClH/c1-10-5-7(2-9-10)14(12,13)11-3-6(8)4-11;/h2,5-6H,3-4,8H2,1H3;1H. The highest BCUT2D eigenvalue weighted by Crippen LogP contribution is 2.19. The van der Waals surface area contributed by atoms with Crippen molar-refractivity contribution in [2.45, 2.75) is 10.9 Å². The van der Waals surface area contributed by atoms with E-state index >= 15 is 0 Å². The lowest BCUT2D eigenvalue weighted by Gasteiger charge is -2.35. The molecule has 1 saturated heterocycles. The number of halogens is 1. The first-order valence-electron chi connectivity index (χ1n) is 4.24. The Morgan fingerprint density at radius 3 is 2.53 bits per heavy atom. The second kappa shape index (κ2) is 4.09. The largest absolute Gasteiger partial charge is 0.325 e. The van der Waals surface area contributed by atoms with Gasteiger partial charge in [0.2, 0.25) is 10.0 Å². The van der Waals surface area contributed by atoms with Gasteiger partial charge in [-0.05, 0) is 0 Å². The molecule has 0 spiro atoms. The minimum atomic E-state index is -3.34. The van der Waals surface area contributed by atoms with E-state index in [4.69, 9.17) is 5.73 Å². The highest BCUT2D eigenvalue weighted by Gasteiger charge is 2.35. The maximum atomic E-state index is 11.8. The van der Waals surface area contributed by atoms with Crippen molar-refractivity contribution in [3.05, 3.63) is 12.4 Å². The maximum absolute atomic E-state index is 11.8. The van der Waals surface area contributed by atoms with Gasteiger partial charge >= 0.3 is 0 Å². The molecule has 1 aliphatic rings. The zero-order valence-corrected chi connectivity index (χ0v) is 9.83. The van der Waals surface area contributed by atoms with Crippen molar-refractivity contribution in [1.82, 2.24) is 14.1 Å². The molecule has 6 nitrogen and oxygen atoms in total. The van der Waals surface area contributed by atoms with Crippen LogP contribution in [0.3, 0.4) is 0 Å². The van der Waals surface area contributed by atoms with Crippen LogP contribution in [0.2, 0.25) is 0 Å². The summed E-state index contributed by atoms with van der Waals surface area (Å²) in [5.41, 5.74) is 5.52. The summed E-state index contributed by atoms with van der Waals surface area (Å²) in [6.07, 6.45) is 2.83. The van der Waals surface area contributed by atoms with Crippen LogP contribution in [0.5, 0.6) is 0 Å². The zero-order valence-electron chi connectivity index (χ0n) is 8.20. The molecule has 0 saturated carbocycles. The second-order valence-electron chi connectivity index (χ2n) is 3.43. The molecule has 0 bridgehead atoms. The molecular formula is C7H13ClN4O2S. The number of hydrogen-bond donors (Lipinski definition) is 1. The van der Waals surface area contributed by atoms with E-state index in [1.807, 2.05) is 0 Å². The summed E-state index contributed by atoms with van der Waals surface area (Å²) < 4.78 is 26.4. The van der Waals surface area contributed by atoms with Gasteiger partial charge < -0.3 is 5.73 Å². The van der Waals surface area contributed by atoms with E-state index in [2.05, 4.69) is 5.10 Å². The molecule has 2 heterocycles. The van der Waals surface area contributed by atoms with Crippen LogP contribution in [-0.4, -0.2) is 41.6 Å². The normalized spacial score (nSPS) is 18.3. The smallest absolute Gasteiger partial charge is 0.246 e. The molecule has 0 radical (unpaired) electrons. The third-order valence-corrected chi connectivity index (χ3v) is 3.98. The van der Waals surface area contributed by atoms with Gasteiger partial charge in [0.25, 0.3) is 0 Å². The van der Waals surface area contributed by atoms with E-state index in [0.717, 1.165) is 0 Å². The van der Waals surface area contributed by atoms with E-state index in [0.29, 0.717) is 13.1 Å². The first-order chi connectivity index (χ1) is 6.50. The van der Waals surface area contributed by atoms with E-state index in [1.54, 1.807) is 7.05 Å². The average Bonchev–Trinajstić information content (AvgIpc) is 2.46. The van der Waals surface area contributed by atoms with E-state index in [9.17, 15) is 8.42 Å². The van der Waals surface area contributed by atoms with Crippen molar-refractivity contribution in [3.8, 4) is 0 Å². The topological polar surface area (TPSA) is 81.2 Å². The van der Waals surface area contributed by atoms with Crippen LogP contribution < -0.4 is 5.73 Å². The Hall–Kier alpha value is -0.630. The summed E-state index contributed by atoms with van der Waals surface area (Å²) in [7, 11) is -1.66. The molecule has 2 rings (SSSR count). The Labute approximate surface area is 94.5 Å². The molecule has 1 aromatic rings. The number of aryl methyl sites for hydroxylation is 1. The van der Waals surface area contributed by atoms with Gasteiger partial charge in [-0.3, -0.25) is 4.68 Å². The molecule has 86 valence electrons. The van der Waals surface area contributed by atoms with Crippen LogP contribution in [0.4, 0.5) is 0 Å². The lowest BCUT2D eigenvalue weighted by Crippen LogP contribution is -2.57. The van der Waals surface area contributed by atoms with Crippen molar-refractivity contribution in [1.29, 1.82) is 0 Å². The molecule has 0 atom stereocenters. The number of sulfonamides is 1. The second-order valence-corrected chi connectivity index (χ2v) is 5.37. The lowest BCUT2D eigenvalue weighted by molar-refractivity contribution is 0.265. The van der Waals surface area contributed by atoms with Crippen molar-refractivity contribution in [3.63, 3.8) is 0 Å². The average molecular weight is 253 g/mol. The van der Waals surface area contributed by atoms with Gasteiger partial charge in [0, 0.05) is 32.4 Å². The quantitative estimate of drug-likeness (QED) is 0.745. The van der Waals surface area contributed by atoms with Crippen LogP contribution in [0.25, 0.3) is 0 Å². The fraction of sp³-hybridized carbons (Fsp3) is 0.571. The fourth-order valence-corrected chi connectivity index (χ4v) is 2.89. The van der Waals surface area contributed by atoms with Gasteiger partial charge in [-0.25, -0.2) is 8.42 Å². The third-order valence-electron chi connectivity index (χ3n) is 2.20. The summed E-state index contributed by atoms with van der Waals surface area (Å²) in [5.74, 6) is 0. The van der Waals surface area contributed by atoms with Gasteiger partial charge in [0.15, 0.2) is 0 Å².